The van der Waals surface area contributed by atoms with E-state index in [1.807, 2.05) is 54.6 Å². The van der Waals surface area contributed by atoms with E-state index in [1.54, 1.807) is 0 Å². The highest BCUT2D eigenvalue weighted by Crippen LogP contribution is 2.38. The van der Waals surface area contributed by atoms with E-state index in [0.29, 0.717) is 37.0 Å². The average molecular weight is 414 g/mol. The maximum atomic E-state index is 12.4. The Kier molecular flexibility index (Phi) is 5.22. The molecule has 1 aliphatic rings. The van der Waals surface area contributed by atoms with Gasteiger partial charge in [-0.1, -0.05) is 42.5 Å². The molecule has 1 fully saturated rings. The second-order valence-electron chi connectivity index (χ2n) is 7.63. The molecule has 1 amide bonds. The Bertz CT molecular complexity index is 1180. The normalized spacial score (nSPS) is 13.3. The van der Waals surface area contributed by atoms with Gasteiger partial charge in [0.25, 0.3) is 0 Å². The van der Waals surface area contributed by atoms with Crippen LogP contribution in [0.2, 0.25) is 0 Å². The number of hydrogen-bond acceptors (Lipinski definition) is 6. The molecule has 5 rings (SSSR count). The van der Waals surface area contributed by atoms with Crippen molar-refractivity contribution < 1.29 is 4.79 Å². The highest BCUT2D eigenvalue weighted by Gasteiger charge is 2.27. The Morgan fingerprint density at radius 1 is 1.06 bits per heavy atom. The van der Waals surface area contributed by atoms with E-state index < -0.39 is 0 Å². The smallest absolute Gasteiger partial charge is 0.224 e. The third-order valence-electron chi connectivity index (χ3n) is 5.12. The Hall–Kier alpha value is -3.88. The lowest BCUT2D eigenvalue weighted by Crippen LogP contribution is -2.13. The molecule has 4 aromatic rings. The summed E-state index contributed by atoms with van der Waals surface area (Å²) in [5.41, 5.74) is 2.52. The minimum absolute atomic E-state index is 0.0609. The molecule has 9 heteroatoms. The monoisotopic (exact) mass is 414 g/mol. The third-order valence-corrected chi connectivity index (χ3v) is 5.12. The second kappa shape index (κ2) is 8.47. The molecule has 2 aromatic carbocycles. The molecule has 0 atom stereocenters. The van der Waals surface area contributed by atoms with Crippen LogP contribution in [0.4, 0.5) is 5.69 Å². The van der Waals surface area contributed by atoms with Gasteiger partial charge in [-0.25, -0.2) is 4.98 Å². The van der Waals surface area contributed by atoms with Gasteiger partial charge in [0.15, 0.2) is 5.82 Å². The number of anilines is 1. The fourth-order valence-corrected chi connectivity index (χ4v) is 3.32. The molecule has 0 radical (unpaired) electrons. The third kappa shape index (κ3) is 4.66. The van der Waals surface area contributed by atoms with Gasteiger partial charge in [0.1, 0.15) is 5.82 Å². The van der Waals surface area contributed by atoms with Gasteiger partial charge >= 0.3 is 0 Å². The van der Waals surface area contributed by atoms with Crippen molar-refractivity contribution in [1.82, 2.24) is 35.4 Å². The minimum atomic E-state index is -0.0609. The largest absolute Gasteiger partial charge is 0.326 e. The number of hydrogen-bond donors (Lipinski definition) is 2. The number of tetrazole rings is 1. The summed E-state index contributed by atoms with van der Waals surface area (Å²) in [6.07, 6.45) is 3.31. The van der Waals surface area contributed by atoms with Gasteiger partial charge in [-0.05, 0) is 36.6 Å². The fraction of sp³-hybridized carbons (Fsp3) is 0.273. The van der Waals surface area contributed by atoms with Crippen molar-refractivity contribution in [2.45, 2.75) is 38.1 Å². The van der Waals surface area contributed by atoms with Crippen LogP contribution in [0, 0.1) is 0 Å². The van der Waals surface area contributed by atoms with Crippen LogP contribution in [-0.4, -0.2) is 41.3 Å². The van der Waals surface area contributed by atoms with Crippen LogP contribution in [0.15, 0.2) is 54.6 Å². The molecule has 31 heavy (non-hydrogen) atoms. The Morgan fingerprint density at radius 2 is 1.90 bits per heavy atom. The fourth-order valence-electron chi connectivity index (χ4n) is 3.32. The zero-order valence-electron chi connectivity index (χ0n) is 16.9. The van der Waals surface area contributed by atoms with Crippen LogP contribution in [0.3, 0.4) is 0 Å². The summed E-state index contributed by atoms with van der Waals surface area (Å²) in [6, 6.07) is 17.3. The number of rotatable bonds is 8. The van der Waals surface area contributed by atoms with Crippen LogP contribution in [0.1, 0.15) is 37.4 Å². The molecule has 0 aliphatic heterocycles. The molecular weight excluding hydrogens is 392 g/mol. The molecule has 2 heterocycles. The summed E-state index contributed by atoms with van der Waals surface area (Å²) in [4.78, 5) is 18.5. The van der Waals surface area contributed by atoms with Crippen molar-refractivity contribution in [1.29, 1.82) is 0 Å². The van der Waals surface area contributed by atoms with E-state index >= 15 is 0 Å². The standard InChI is InChI=1S/C22H22N8O/c31-19(10-5-13-30-28-22(27-29-30)15-6-2-1-3-7-15)23-18-9-4-8-17(14-18)21-24-20(25-26-21)16-11-12-16/h1-4,6-9,14,16H,5,10-13H2,(H,23,31)(H,24,25,26). The van der Waals surface area contributed by atoms with E-state index in [0.717, 1.165) is 22.6 Å². The zero-order chi connectivity index (χ0) is 21.0. The van der Waals surface area contributed by atoms with Gasteiger partial charge in [0.05, 0.1) is 6.54 Å². The van der Waals surface area contributed by atoms with Gasteiger partial charge in [0.2, 0.25) is 11.7 Å². The van der Waals surface area contributed by atoms with E-state index in [1.165, 1.54) is 17.6 Å². The number of amides is 1. The quantitative estimate of drug-likeness (QED) is 0.457. The lowest BCUT2D eigenvalue weighted by Gasteiger charge is -2.06. The van der Waals surface area contributed by atoms with Crippen molar-refractivity contribution in [3.63, 3.8) is 0 Å². The number of aryl methyl sites for hydroxylation is 1. The first kappa shape index (κ1) is 19.1. The van der Waals surface area contributed by atoms with E-state index in [-0.39, 0.29) is 5.91 Å². The van der Waals surface area contributed by atoms with Crippen molar-refractivity contribution in [3.8, 4) is 22.8 Å². The van der Waals surface area contributed by atoms with E-state index in [2.05, 4.69) is 35.9 Å². The van der Waals surface area contributed by atoms with E-state index in [9.17, 15) is 4.79 Å². The summed E-state index contributed by atoms with van der Waals surface area (Å²) in [6.45, 7) is 0.522. The van der Waals surface area contributed by atoms with Gasteiger partial charge < -0.3 is 5.32 Å². The molecule has 1 aliphatic carbocycles. The number of nitrogens with one attached hydrogen (secondary N) is 2. The Morgan fingerprint density at radius 3 is 2.74 bits per heavy atom. The average Bonchev–Trinajstić information content (AvgIpc) is 3.33. The van der Waals surface area contributed by atoms with Crippen molar-refractivity contribution >= 4 is 11.6 Å². The highest BCUT2D eigenvalue weighted by molar-refractivity contribution is 5.91. The van der Waals surface area contributed by atoms with E-state index in [4.69, 9.17) is 0 Å². The van der Waals surface area contributed by atoms with Gasteiger partial charge in [-0.3, -0.25) is 9.89 Å². The Balaban J connectivity index is 1.14. The lowest BCUT2D eigenvalue weighted by atomic mass is 10.2. The molecule has 156 valence electrons. The zero-order valence-corrected chi connectivity index (χ0v) is 16.9. The first-order valence-corrected chi connectivity index (χ1v) is 10.4. The summed E-state index contributed by atoms with van der Waals surface area (Å²) in [5, 5.41) is 22.8. The van der Waals surface area contributed by atoms with Crippen LogP contribution in [0.25, 0.3) is 22.8 Å². The molecule has 9 nitrogen and oxygen atoms in total. The highest BCUT2D eigenvalue weighted by atomic mass is 16.1. The summed E-state index contributed by atoms with van der Waals surface area (Å²) in [7, 11) is 0. The molecule has 0 unspecified atom stereocenters. The molecule has 0 saturated heterocycles. The number of nitrogens with zero attached hydrogens (tertiary/aromatic N) is 6. The topological polar surface area (TPSA) is 114 Å². The van der Waals surface area contributed by atoms with Crippen LogP contribution < -0.4 is 5.32 Å². The van der Waals surface area contributed by atoms with Crippen LogP contribution in [0.5, 0.6) is 0 Å². The van der Waals surface area contributed by atoms with Gasteiger partial charge in [-0.2, -0.15) is 9.90 Å². The maximum absolute atomic E-state index is 12.4. The first-order valence-electron chi connectivity index (χ1n) is 10.4. The molecule has 2 aromatic heterocycles. The molecule has 1 saturated carbocycles. The number of benzene rings is 2. The number of H-pyrrole nitrogens is 1. The molecular formula is C22H22N8O. The first-order chi connectivity index (χ1) is 15.2. The summed E-state index contributed by atoms with van der Waals surface area (Å²) in [5.74, 6) is 2.64. The SMILES string of the molecule is O=C(CCCn1nnc(-c2ccccc2)n1)Nc1cccc(-c2n[nH]c(C3CC3)n2)c1. The van der Waals surface area contributed by atoms with Crippen LogP contribution >= 0.6 is 0 Å². The molecule has 2 N–H and O–H groups in total. The number of aromatic nitrogens is 7. The van der Waals surface area contributed by atoms with Crippen LogP contribution in [-0.2, 0) is 11.3 Å². The van der Waals surface area contributed by atoms with Gasteiger partial charge in [0, 0.05) is 29.2 Å². The predicted octanol–water partition coefficient (Wildman–Crippen LogP) is 3.42. The number of carbonyl (C=O) groups excluding carboxylic acids is 1. The molecule has 0 bridgehead atoms. The lowest BCUT2D eigenvalue weighted by molar-refractivity contribution is -0.116. The van der Waals surface area contributed by atoms with Crippen molar-refractivity contribution in [2.24, 2.45) is 0 Å². The number of aromatic amines is 1. The number of carbonyl (C=O) groups is 1. The minimum Gasteiger partial charge on any atom is -0.326 e. The van der Waals surface area contributed by atoms with Crippen molar-refractivity contribution in [3.05, 3.63) is 60.4 Å². The molecule has 0 spiro atoms. The Labute approximate surface area is 178 Å². The summed E-state index contributed by atoms with van der Waals surface area (Å²) >= 11 is 0. The van der Waals surface area contributed by atoms with Crippen molar-refractivity contribution in [2.75, 3.05) is 5.32 Å². The second-order valence-corrected chi connectivity index (χ2v) is 7.63. The van der Waals surface area contributed by atoms with Gasteiger partial charge in [-0.15, -0.1) is 10.2 Å². The maximum Gasteiger partial charge on any atom is 0.224 e. The predicted molar refractivity (Wildman–Crippen MR) is 115 cm³/mol. The summed E-state index contributed by atoms with van der Waals surface area (Å²) < 4.78 is 0.